The van der Waals surface area contributed by atoms with Crippen LogP contribution in [0.15, 0.2) is 120 Å². The van der Waals surface area contributed by atoms with E-state index >= 15 is 0 Å². The number of methoxy groups -OCH3 is 1. The van der Waals surface area contributed by atoms with E-state index in [1.54, 1.807) is 20.2 Å². The van der Waals surface area contributed by atoms with Gasteiger partial charge in [0.05, 0.1) is 19.6 Å². The zero-order chi connectivity index (χ0) is 46.9. The molecule has 10 nitrogen and oxygen atoms in total. The van der Waals surface area contributed by atoms with Gasteiger partial charge in [-0.2, -0.15) is 0 Å². The third-order valence-corrected chi connectivity index (χ3v) is 13.4. The number of aliphatic hydroxyl groups is 2. The molecular weight excluding hydrogens is 839 g/mol. The lowest BCUT2D eigenvalue weighted by molar-refractivity contribution is -0.121. The van der Waals surface area contributed by atoms with E-state index in [0.29, 0.717) is 47.8 Å². The molecule has 0 saturated carbocycles. The number of Topliss-reactive ketones (excluding diaryl/α,β-unsaturated/α-hetero) is 1. The van der Waals surface area contributed by atoms with Crippen LogP contribution in [-0.4, -0.2) is 47.3 Å². The molecule has 0 aromatic heterocycles. The van der Waals surface area contributed by atoms with Crippen LogP contribution >= 0.6 is 0 Å². The predicted molar refractivity (Wildman–Crippen MR) is 266 cm³/mol. The van der Waals surface area contributed by atoms with Crippen LogP contribution in [0.25, 0.3) is 16.8 Å². The van der Waals surface area contributed by atoms with Gasteiger partial charge < -0.3 is 40.6 Å². The monoisotopic (exact) mass is 899 g/mol. The highest BCUT2D eigenvalue weighted by Gasteiger charge is 2.29. The molecular formula is C57H61N3O7. The number of aromatic hydroxyl groups is 1. The maximum absolute atomic E-state index is 14.0. The number of nitrogens with two attached hydrogens (primary N) is 1. The smallest absolute Gasteiger partial charge is 0.192 e. The number of allylic oxidation sites excluding steroid dienone is 4. The van der Waals surface area contributed by atoms with E-state index in [-0.39, 0.29) is 61.1 Å². The Morgan fingerprint density at radius 3 is 2.60 bits per heavy atom. The van der Waals surface area contributed by atoms with Crippen molar-refractivity contribution in [3.63, 3.8) is 0 Å². The summed E-state index contributed by atoms with van der Waals surface area (Å²) < 4.78 is 18.8. The zero-order valence-electron chi connectivity index (χ0n) is 38.6. The summed E-state index contributed by atoms with van der Waals surface area (Å²) >= 11 is 0. The summed E-state index contributed by atoms with van der Waals surface area (Å²) in [6, 6.07) is 27.8. The van der Waals surface area contributed by atoms with Gasteiger partial charge in [-0.3, -0.25) is 9.79 Å². The minimum absolute atomic E-state index is 0.0235. The van der Waals surface area contributed by atoms with Crippen LogP contribution < -0.4 is 20.5 Å². The SMILES string of the molecule is CN=C(N)Nc1cccc(CCCCC2C=CC(O)=CC2CC2CC(=O)CCc3ccc(OC)c(c3)OCc3c(CO)cc4c(c(O)cc5c4c3C=CC5C)C(Cc3ccccc3)C#CO2)c1. The number of hydrogen-bond acceptors (Lipinski definition) is 8. The number of aliphatic hydroxyl groups excluding tert-OH is 2. The Morgan fingerprint density at radius 2 is 1.79 bits per heavy atom. The number of unbranched alkanes of at least 4 members (excludes halogenated alkanes) is 1. The average Bonchev–Trinajstić information content (AvgIpc) is 3.33. The predicted octanol–water partition coefficient (Wildman–Crippen LogP) is 10.7. The van der Waals surface area contributed by atoms with E-state index in [1.807, 2.05) is 78.9 Å². The van der Waals surface area contributed by atoms with Gasteiger partial charge in [-0.1, -0.05) is 86.0 Å². The first kappa shape index (κ1) is 46.6. The normalized spacial score (nSPS) is 20.5. The molecule has 0 spiro atoms. The summed E-state index contributed by atoms with van der Waals surface area (Å²) in [5.41, 5.74) is 14.0. The first-order chi connectivity index (χ1) is 32.6. The number of carbonyl (C=O) groups excluding carboxylic acids is 1. The first-order valence-corrected chi connectivity index (χ1v) is 23.4. The highest BCUT2D eigenvalue weighted by molar-refractivity contribution is 6.01. The van der Waals surface area contributed by atoms with Gasteiger partial charge in [0.2, 0.25) is 0 Å². The van der Waals surface area contributed by atoms with Gasteiger partial charge in [0.1, 0.15) is 36.1 Å². The van der Waals surface area contributed by atoms with Crippen LogP contribution in [0.4, 0.5) is 5.69 Å². The van der Waals surface area contributed by atoms with E-state index in [4.69, 9.17) is 19.9 Å². The molecule has 346 valence electrons. The number of phenolic OH excluding ortho intramolecular Hbond substituents is 1. The molecule has 0 fully saturated rings. The third kappa shape index (κ3) is 11.2. The fourth-order valence-corrected chi connectivity index (χ4v) is 9.88. The lowest BCUT2D eigenvalue weighted by Crippen LogP contribution is -2.24. The van der Waals surface area contributed by atoms with E-state index in [9.17, 15) is 20.1 Å². The van der Waals surface area contributed by atoms with Crippen molar-refractivity contribution >= 4 is 34.3 Å². The van der Waals surface area contributed by atoms with Crippen LogP contribution in [-0.2, 0) is 42.0 Å². The Labute approximate surface area is 393 Å². The third-order valence-electron chi connectivity index (χ3n) is 13.4. The fraction of sp³-hybridized carbons (Fsp3) is 0.333. The quantitative estimate of drug-likeness (QED) is 0.0356. The standard InChI is InChI=1S/C57H61N3O7/c1-36-16-22-48-51-35-67-54-28-39(18-23-53(54)65-3)17-20-46(63)32-47(30-42-29-45(62)21-19-40(42)14-8-7-12-38-13-9-15-44(27-38)60-57(58)59-2)66-25-24-41(26-37-10-5-4-6-11-37)55-50(31-43(51)34-61)56(48)49(36)33-52(55)64/h4-6,9-11,13,15-16,18-19,21-23,27-29,31,33,36,40-42,47,61-62,64H,7-8,12,14,17,20,26,30,32,34-35H2,1-3H3,(H3,58,59,60). The number of hydrogen-bond donors (Lipinski definition) is 5. The van der Waals surface area contributed by atoms with Gasteiger partial charge in [-0.15, -0.1) is 0 Å². The lowest BCUT2D eigenvalue weighted by atomic mass is 9.78. The highest BCUT2D eigenvalue weighted by atomic mass is 16.5. The molecule has 0 radical (unpaired) electrons. The van der Waals surface area contributed by atoms with Gasteiger partial charge in [-0.25, -0.2) is 0 Å². The number of aryl methyl sites for hydroxylation is 2. The number of nitrogens with one attached hydrogen (secondary N) is 1. The van der Waals surface area contributed by atoms with Gasteiger partial charge in [-0.05, 0) is 143 Å². The van der Waals surface area contributed by atoms with E-state index < -0.39 is 12.0 Å². The molecule has 5 aromatic rings. The van der Waals surface area contributed by atoms with Crippen LogP contribution in [0.3, 0.4) is 0 Å². The summed E-state index contributed by atoms with van der Waals surface area (Å²) in [5, 5.41) is 38.7. The second-order valence-electron chi connectivity index (χ2n) is 18.0. The van der Waals surface area contributed by atoms with Crippen molar-refractivity contribution in [3.8, 4) is 29.3 Å². The molecule has 6 bridgehead atoms. The van der Waals surface area contributed by atoms with Crippen molar-refractivity contribution in [2.75, 3.05) is 19.5 Å². The molecule has 10 heteroatoms. The molecule has 5 aromatic carbocycles. The molecule has 2 heterocycles. The molecule has 6 N–H and O–H groups in total. The van der Waals surface area contributed by atoms with Crippen molar-refractivity contribution in [3.05, 3.63) is 159 Å². The molecule has 2 aliphatic heterocycles. The molecule has 5 unspecified atom stereocenters. The number of ketones is 1. The number of carbonyl (C=O) groups is 1. The maximum Gasteiger partial charge on any atom is 0.192 e. The van der Waals surface area contributed by atoms with Crippen LogP contribution in [0, 0.1) is 23.9 Å². The van der Waals surface area contributed by atoms with Crippen molar-refractivity contribution in [2.24, 2.45) is 22.6 Å². The number of rotatable bonds is 12. The number of guanidine groups is 1. The molecule has 0 saturated heterocycles. The molecule has 0 amide bonds. The minimum Gasteiger partial charge on any atom is -0.508 e. The summed E-state index contributed by atoms with van der Waals surface area (Å²) in [4.78, 5) is 18.0. The molecule has 5 atom stereocenters. The Morgan fingerprint density at radius 1 is 0.955 bits per heavy atom. The van der Waals surface area contributed by atoms with Crippen molar-refractivity contribution in [1.82, 2.24) is 0 Å². The van der Waals surface area contributed by atoms with E-state index in [0.717, 1.165) is 70.0 Å². The van der Waals surface area contributed by atoms with Crippen LogP contribution in [0.1, 0.15) is 102 Å². The van der Waals surface area contributed by atoms with E-state index in [1.165, 1.54) is 5.56 Å². The minimum atomic E-state index is -0.578. The number of fused-ring (bicyclic) bond motifs is 9. The molecule has 2 aliphatic carbocycles. The van der Waals surface area contributed by atoms with Gasteiger partial charge in [0.25, 0.3) is 0 Å². The fourth-order valence-electron chi connectivity index (χ4n) is 9.88. The van der Waals surface area contributed by atoms with Gasteiger partial charge in [0.15, 0.2) is 17.5 Å². The molecule has 67 heavy (non-hydrogen) atoms. The van der Waals surface area contributed by atoms with Gasteiger partial charge in [0, 0.05) is 42.6 Å². The summed E-state index contributed by atoms with van der Waals surface area (Å²) in [6.07, 6.45) is 18.0. The topological polar surface area (TPSA) is 156 Å². The number of anilines is 1. The number of benzene rings is 5. The summed E-state index contributed by atoms with van der Waals surface area (Å²) in [7, 11) is 3.25. The van der Waals surface area contributed by atoms with Crippen LogP contribution in [0.2, 0.25) is 0 Å². The van der Waals surface area contributed by atoms with E-state index in [2.05, 4.69) is 59.6 Å². The van der Waals surface area contributed by atoms with Crippen molar-refractivity contribution < 1.29 is 34.3 Å². The van der Waals surface area contributed by atoms with Gasteiger partial charge >= 0.3 is 0 Å². The highest BCUT2D eigenvalue weighted by Crippen LogP contribution is 2.46. The molecule has 9 rings (SSSR count). The number of ether oxygens (including phenoxy) is 3. The Hall–Kier alpha value is -6.96. The average molecular weight is 900 g/mol. The number of phenols is 1. The molecule has 4 aliphatic rings. The lowest BCUT2D eigenvalue weighted by Gasteiger charge is -2.28. The number of aliphatic imine (C=N–C) groups is 1. The Kier molecular flexibility index (Phi) is 15.0. The second-order valence-corrected chi connectivity index (χ2v) is 18.0. The second kappa shape index (κ2) is 21.6. The van der Waals surface area contributed by atoms with Crippen LogP contribution in [0.5, 0.6) is 17.2 Å². The summed E-state index contributed by atoms with van der Waals surface area (Å²) in [5.74, 6) is 4.77. The van der Waals surface area contributed by atoms with Crippen molar-refractivity contribution in [2.45, 2.75) is 95.9 Å². The Bertz CT molecular complexity index is 2780. The largest absolute Gasteiger partial charge is 0.508 e. The first-order valence-electron chi connectivity index (χ1n) is 23.4. The van der Waals surface area contributed by atoms with Crippen molar-refractivity contribution in [1.29, 1.82) is 0 Å². The maximum atomic E-state index is 14.0. The number of nitrogens with zero attached hydrogens (tertiary/aromatic N) is 1. The summed E-state index contributed by atoms with van der Waals surface area (Å²) in [6.45, 7) is 2.03. The zero-order valence-corrected chi connectivity index (χ0v) is 38.6. The Balaban J connectivity index is 1.14.